The van der Waals surface area contributed by atoms with Gasteiger partial charge in [0.15, 0.2) is 0 Å². The van der Waals surface area contributed by atoms with E-state index in [4.69, 9.17) is 4.52 Å². The molecule has 136 valence electrons. The second kappa shape index (κ2) is 7.26. The molecule has 3 heterocycles. The molecule has 1 aliphatic rings. The molecule has 0 aromatic carbocycles. The molecule has 0 saturated heterocycles. The Morgan fingerprint density at radius 3 is 2.88 bits per heavy atom. The Balaban J connectivity index is 1.48. The van der Waals surface area contributed by atoms with Crippen LogP contribution in [0.4, 0.5) is 0 Å². The molecule has 0 spiro atoms. The Morgan fingerprint density at radius 1 is 1.27 bits per heavy atom. The van der Waals surface area contributed by atoms with Gasteiger partial charge in [0.1, 0.15) is 4.21 Å². The second-order valence-corrected chi connectivity index (χ2v) is 9.14. The van der Waals surface area contributed by atoms with Gasteiger partial charge in [-0.2, -0.15) is 4.98 Å². The minimum absolute atomic E-state index is 0.143. The van der Waals surface area contributed by atoms with E-state index in [1.165, 1.54) is 12.8 Å². The molecular weight excluding hydrogens is 372 g/mol. The van der Waals surface area contributed by atoms with E-state index in [-0.39, 0.29) is 10.8 Å². The van der Waals surface area contributed by atoms with Crippen molar-refractivity contribution >= 4 is 21.4 Å². The number of aromatic nitrogens is 3. The fourth-order valence-electron chi connectivity index (χ4n) is 3.01. The van der Waals surface area contributed by atoms with Gasteiger partial charge >= 0.3 is 0 Å². The minimum Gasteiger partial charge on any atom is -0.339 e. The Morgan fingerprint density at radius 2 is 2.12 bits per heavy atom. The van der Waals surface area contributed by atoms with Crippen molar-refractivity contribution in [3.8, 4) is 11.4 Å². The number of sulfonamides is 1. The summed E-state index contributed by atoms with van der Waals surface area (Å²) in [4.78, 5) is 8.57. The molecule has 0 unspecified atom stereocenters. The molecule has 0 amide bonds. The van der Waals surface area contributed by atoms with Gasteiger partial charge in [-0.05, 0) is 31.0 Å². The van der Waals surface area contributed by atoms with E-state index in [0.717, 1.165) is 24.2 Å². The van der Waals surface area contributed by atoms with E-state index < -0.39 is 10.0 Å². The van der Waals surface area contributed by atoms with Gasteiger partial charge in [-0.1, -0.05) is 24.1 Å². The lowest BCUT2D eigenvalue weighted by Crippen LogP contribution is -2.22. The lowest BCUT2D eigenvalue weighted by Gasteiger charge is -2.03. The predicted octanol–water partition coefficient (Wildman–Crippen LogP) is 3.33. The molecule has 1 saturated carbocycles. The third-order valence-corrected chi connectivity index (χ3v) is 7.25. The average Bonchev–Trinajstić information content (AvgIpc) is 3.41. The number of thiophene rings is 1. The molecule has 1 N–H and O–H groups in total. The van der Waals surface area contributed by atoms with Crippen molar-refractivity contribution in [1.29, 1.82) is 0 Å². The van der Waals surface area contributed by atoms with E-state index >= 15 is 0 Å². The molecule has 3 aromatic rings. The van der Waals surface area contributed by atoms with Gasteiger partial charge < -0.3 is 4.52 Å². The summed E-state index contributed by atoms with van der Waals surface area (Å²) in [6, 6.07) is 6.95. The maximum absolute atomic E-state index is 12.5. The van der Waals surface area contributed by atoms with Crippen LogP contribution in [0.2, 0.25) is 0 Å². The van der Waals surface area contributed by atoms with Crippen LogP contribution < -0.4 is 4.72 Å². The highest BCUT2D eigenvalue weighted by Crippen LogP contribution is 2.34. The molecule has 1 fully saturated rings. The fourth-order valence-corrected chi connectivity index (χ4v) is 5.21. The SMILES string of the molecule is O=S(=O)(NCc1ccccn1)c1cc(-c2noc(C3CCCC3)n2)cs1. The fraction of sp³-hybridized carbons (Fsp3) is 0.353. The lowest BCUT2D eigenvalue weighted by atomic mass is 10.1. The highest BCUT2D eigenvalue weighted by atomic mass is 32.2. The second-order valence-electron chi connectivity index (χ2n) is 6.24. The monoisotopic (exact) mass is 390 g/mol. The van der Waals surface area contributed by atoms with Crippen LogP contribution in [-0.2, 0) is 16.6 Å². The van der Waals surface area contributed by atoms with Crippen LogP contribution >= 0.6 is 11.3 Å². The molecule has 0 radical (unpaired) electrons. The summed E-state index contributed by atoms with van der Waals surface area (Å²) >= 11 is 1.14. The summed E-state index contributed by atoms with van der Waals surface area (Å²) < 4.78 is 33.1. The van der Waals surface area contributed by atoms with Crippen molar-refractivity contribution in [3.63, 3.8) is 0 Å². The zero-order valence-corrected chi connectivity index (χ0v) is 15.6. The average molecular weight is 390 g/mol. The Bertz CT molecular complexity index is 976. The first kappa shape index (κ1) is 17.3. The summed E-state index contributed by atoms with van der Waals surface area (Å²) in [6.45, 7) is 0.143. The van der Waals surface area contributed by atoms with Gasteiger partial charge in [-0.3, -0.25) is 4.98 Å². The largest absolute Gasteiger partial charge is 0.339 e. The molecule has 7 nitrogen and oxygen atoms in total. The van der Waals surface area contributed by atoms with Crippen LogP contribution in [0, 0.1) is 0 Å². The van der Waals surface area contributed by atoms with Crippen LogP contribution in [0.15, 0.2) is 44.6 Å². The molecule has 0 atom stereocenters. The first-order valence-electron chi connectivity index (χ1n) is 8.44. The summed E-state index contributed by atoms with van der Waals surface area (Å²) in [7, 11) is -3.61. The number of nitrogens with one attached hydrogen (secondary N) is 1. The normalized spacial score (nSPS) is 15.5. The minimum atomic E-state index is -3.61. The van der Waals surface area contributed by atoms with Crippen LogP contribution in [0.1, 0.15) is 43.2 Å². The van der Waals surface area contributed by atoms with Crippen molar-refractivity contribution in [3.05, 3.63) is 47.4 Å². The quantitative estimate of drug-likeness (QED) is 0.693. The number of nitrogens with zero attached hydrogens (tertiary/aromatic N) is 3. The van der Waals surface area contributed by atoms with E-state index in [9.17, 15) is 8.42 Å². The summed E-state index contributed by atoms with van der Waals surface area (Å²) in [5.41, 5.74) is 1.31. The van der Waals surface area contributed by atoms with Crippen molar-refractivity contribution < 1.29 is 12.9 Å². The third kappa shape index (κ3) is 3.69. The molecule has 9 heteroatoms. The zero-order valence-electron chi connectivity index (χ0n) is 14.0. The van der Waals surface area contributed by atoms with E-state index in [0.29, 0.717) is 28.9 Å². The molecule has 0 aliphatic heterocycles. The van der Waals surface area contributed by atoms with Crippen molar-refractivity contribution in [1.82, 2.24) is 19.8 Å². The Labute approximate surface area is 155 Å². The van der Waals surface area contributed by atoms with Gasteiger partial charge in [-0.25, -0.2) is 13.1 Å². The van der Waals surface area contributed by atoms with Gasteiger partial charge in [0.25, 0.3) is 0 Å². The number of hydrogen-bond donors (Lipinski definition) is 1. The topological polar surface area (TPSA) is 98.0 Å². The predicted molar refractivity (Wildman–Crippen MR) is 97.1 cm³/mol. The lowest BCUT2D eigenvalue weighted by molar-refractivity contribution is 0.354. The highest BCUT2D eigenvalue weighted by molar-refractivity contribution is 7.91. The van der Waals surface area contributed by atoms with Crippen LogP contribution in [-0.4, -0.2) is 23.5 Å². The number of rotatable bonds is 6. The maximum atomic E-state index is 12.5. The molecule has 1 aliphatic carbocycles. The van der Waals surface area contributed by atoms with Crippen LogP contribution in [0.5, 0.6) is 0 Å². The van der Waals surface area contributed by atoms with Gasteiger partial charge in [0, 0.05) is 23.1 Å². The summed E-state index contributed by atoms with van der Waals surface area (Å²) in [5, 5.41) is 5.75. The number of hydrogen-bond acceptors (Lipinski definition) is 7. The van der Waals surface area contributed by atoms with Crippen molar-refractivity contribution in [2.75, 3.05) is 0 Å². The molecule has 3 aromatic heterocycles. The van der Waals surface area contributed by atoms with Crippen LogP contribution in [0.3, 0.4) is 0 Å². The Hall–Kier alpha value is -2.10. The first-order valence-corrected chi connectivity index (χ1v) is 10.8. The van der Waals surface area contributed by atoms with E-state index in [1.54, 1.807) is 29.8 Å². The molecule has 26 heavy (non-hydrogen) atoms. The van der Waals surface area contributed by atoms with E-state index in [2.05, 4.69) is 19.8 Å². The molecule has 4 rings (SSSR count). The van der Waals surface area contributed by atoms with Gasteiger partial charge in [-0.15, -0.1) is 11.3 Å². The first-order chi connectivity index (χ1) is 12.6. The summed E-state index contributed by atoms with van der Waals surface area (Å²) in [6.07, 6.45) is 6.14. The summed E-state index contributed by atoms with van der Waals surface area (Å²) in [5.74, 6) is 1.42. The van der Waals surface area contributed by atoms with Crippen LogP contribution in [0.25, 0.3) is 11.4 Å². The van der Waals surface area contributed by atoms with Gasteiger partial charge in [0.2, 0.25) is 21.7 Å². The Kier molecular flexibility index (Phi) is 4.84. The molecule has 0 bridgehead atoms. The zero-order chi connectivity index (χ0) is 18.0. The van der Waals surface area contributed by atoms with Crippen molar-refractivity contribution in [2.45, 2.75) is 42.4 Å². The van der Waals surface area contributed by atoms with Crippen molar-refractivity contribution in [2.24, 2.45) is 0 Å². The highest BCUT2D eigenvalue weighted by Gasteiger charge is 2.24. The van der Waals surface area contributed by atoms with Gasteiger partial charge in [0.05, 0.1) is 12.2 Å². The standard InChI is InChI=1S/C17H18N4O3S2/c22-26(23,19-10-14-7-3-4-8-18-14)15-9-13(11-25-15)16-20-17(24-21-16)12-5-1-2-6-12/h3-4,7-9,11-12,19H,1-2,5-6,10H2. The molecular formula is C17H18N4O3S2. The smallest absolute Gasteiger partial charge is 0.250 e. The van der Waals surface area contributed by atoms with E-state index in [1.807, 2.05) is 6.07 Å². The number of pyridine rings is 1. The maximum Gasteiger partial charge on any atom is 0.250 e. The third-order valence-electron chi connectivity index (χ3n) is 4.41.